The number of aryl methyl sites for hydroxylation is 2. The summed E-state index contributed by atoms with van der Waals surface area (Å²) in [4.78, 5) is 25.3. The Bertz CT molecular complexity index is 718. The number of hydrogen-bond acceptors (Lipinski definition) is 4. The molecule has 1 unspecified atom stereocenters. The van der Waals surface area contributed by atoms with Crippen molar-refractivity contribution in [3.05, 3.63) is 44.6 Å². The van der Waals surface area contributed by atoms with E-state index in [9.17, 15) is 14.7 Å². The molecular formula is C23H31BrO4S. The van der Waals surface area contributed by atoms with Gasteiger partial charge in [-0.2, -0.15) is 0 Å². The first kappa shape index (κ1) is 24.0. The number of ketones is 1. The first-order valence-corrected chi connectivity index (χ1v) is 12.0. The van der Waals surface area contributed by atoms with Gasteiger partial charge in [-0.1, -0.05) is 18.2 Å². The van der Waals surface area contributed by atoms with Crippen molar-refractivity contribution in [2.75, 3.05) is 0 Å². The highest BCUT2D eigenvalue weighted by Gasteiger charge is 2.32. The van der Waals surface area contributed by atoms with Crippen LogP contribution in [0.4, 0.5) is 0 Å². The Labute approximate surface area is 185 Å². The molecule has 1 aromatic heterocycles. The SMILES string of the molecule is Cc1sc(CCCC(=O)C=C[C@H]2CCC(O)[C@@H]2CC=CCCCC(=O)O)cc1Br. The molecule has 2 rings (SSSR count). The van der Waals surface area contributed by atoms with Crippen LogP contribution in [-0.2, 0) is 16.0 Å². The summed E-state index contributed by atoms with van der Waals surface area (Å²) in [6, 6.07) is 2.14. The highest BCUT2D eigenvalue weighted by molar-refractivity contribution is 9.10. The number of carbonyl (C=O) groups excluding carboxylic acids is 1. The average Bonchev–Trinajstić information content (AvgIpc) is 3.17. The number of thiophene rings is 1. The molecule has 0 spiro atoms. The van der Waals surface area contributed by atoms with Crippen LogP contribution >= 0.6 is 27.3 Å². The smallest absolute Gasteiger partial charge is 0.303 e. The van der Waals surface area contributed by atoms with Crippen LogP contribution in [0, 0.1) is 18.8 Å². The molecule has 6 heteroatoms. The molecule has 1 aliphatic carbocycles. The van der Waals surface area contributed by atoms with Gasteiger partial charge in [-0.3, -0.25) is 9.59 Å². The van der Waals surface area contributed by atoms with Gasteiger partial charge in [-0.15, -0.1) is 11.3 Å². The Balaban J connectivity index is 1.73. The zero-order valence-corrected chi connectivity index (χ0v) is 19.4. The van der Waals surface area contributed by atoms with E-state index in [1.54, 1.807) is 17.4 Å². The number of unbranched alkanes of at least 4 members (excludes halogenated alkanes) is 1. The Morgan fingerprint density at radius 1 is 1.24 bits per heavy atom. The maximum absolute atomic E-state index is 12.2. The van der Waals surface area contributed by atoms with E-state index >= 15 is 0 Å². The summed E-state index contributed by atoms with van der Waals surface area (Å²) in [6.45, 7) is 2.09. The minimum atomic E-state index is -0.766. The third kappa shape index (κ3) is 8.57. The van der Waals surface area contributed by atoms with Gasteiger partial charge in [0.15, 0.2) is 5.78 Å². The van der Waals surface area contributed by atoms with Gasteiger partial charge in [0.25, 0.3) is 0 Å². The number of hydrogen-bond donors (Lipinski definition) is 2. The number of halogens is 1. The zero-order chi connectivity index (χ0) is 21.2. The number of carbonyl (C=O) groups is 2. The Morgan fingerprint density at radius 3 is 2.72 bits per heavy atom. The molecule has 1 fully saturated rings. The number of rotatable bonds is 12. The molecule has 3 atom stereocenters. The highest BCUT2D eigenvalue weighted by Crippen LogP contribution is 2.36. The van der Waals surface area contributed by atoms with Crippen molar-refractivity contribution in [2.24, 2.45) is 11.8 Å². The minimum Gasteiger partial charge on any atom is -0.481 e. The molecule has 160 valence electrons. The second-order valence-electron chi connectivity index (χ2n) is 7.76. The number of allylic oxidation sites excluding steroid dienone is 4. The highest BCUT2D eigenvalue weighted by atomic mass is 79.9. The van der Waals surface area contributed by atoms with Gasteiger partial charge in [0.1, 0.15) is 0 Å². The van der Waals surface area contributed by atoms with Crippen LogP contribution in [0.5, 0.6) is 0 Å². The molecule has 0 radical (unpaired) electrons. The molecule has 4 nitrogen and oxygen atoms in total. The van der Waals surface area contributed by atoms with Crippen LogP contribution in [0.25, 0.3) is 0 Å². The van der Waals surface area contributed by atoms with E-state index in [0.29, 0.717) is 12.8 Å². The normalized spacial score (nSPS) is 22.1. The van der Waals surface area contributed by atoms with E-state index in [1.165, 1.54) is 9.75 Å². The molecule has 1 aromatic rings. The first-order chi connectivity index (χ1) is 13.9. The van der Waals surface area contributed by atoms with Crippen molar-refractivity contribution in [1.82, 2.24) is 0 Å². The maximum Gasteiger partial charge on any atom is 0.303 e. The quantitative estimate of drug-likeness (QED) is 0.222. The molecule has 0 saturated heterocycles. The van der Waals surface area contributed by atoms with Crippen molar-refractivity contribution < 1.29 is 19.8 Å². The summed E-state index contributed by atoms with van der Waals surface area (Å²) in [7, 11) is 0. The third-order valence-electron chi connectivity index (χ3n) is 5.46. The van der Waals surface area contributed by atoms with Crippen LogP contribution in [0.3, 0.4) is 0 Å². The first-order valence-electron chi connectivity index (χ1n) is 10.4. The fourth-order valence-electron chi connectivity index (χ4n) is 3.78. The number of aliphatic hydroxyl groups excluding tert-OH is 1. The molecule has 0 aliphatic heterocycles. The van der Waals surface area contributed by atoms with Crippen LogP contribution < -0.4 is 0 Å². The van der Waals surface area contributed by atoms with Gasteiger partial charge in [0.05, 0.1) is 6.10 Å². The summed E-state index contributed by atoms with van der Waals surface area (Å²) < 4.78 is 1.14. The van der Waals surface area contributed by atoms with Crippen LogP contribution in [0.15, 0.2) is 34.8 Å². The second kappa shape index (κ2) is 12.5. The summed E-state index contributed by atoms with van der Waals surface area (Å²) >= 11 is 5.30. The fourth-order valence-corrected chi connectivity index (χ4v) is 5.43. The summed E-state index contributed by atoms with van der Waals surface area (Å²) in [5.41, 5.74) is 0. The van der Waals surface area contributed by atoms with Gasteiger partial charge >= 0.3 is 5.97 Å². The molecule has 1 aliphatic rings. The Morgan fingerprint density at radius 2 is 2.03 bits per heavy atom. The van der Waals surface area contributed by atoms with E-state index in [1.807, 2.05) is 18.2 Å². The Hall–Kier alpha value is -1.24. The van der Waals surface area contributed by atoms with Crippen molar-refractivity contribution in [3.8, 4) is 0 Å². The zero-order valence-electron chi connectivity index (χ0n) is 17.0. The molecule has 2 N–H and O–H groups in total. The molecule has 1 saturated carbocycles. The molecule has 0 bridgehead atoms. The average molecular weight is 483 g/mol. The van der Waals surface area contributed by atoms with E-state index in [0.717, 1.165) is 43.0 Å². The predicted molar refractivity (Wildman–Crippen MR) is 121 cm³/mol. The minimum absolute atomic E-state index is 0.140. The molecule has 0 aromatic carbocycles. The lowest BCUT2D eigenvalue weighted by atomic mass is 9.90. The molecule has 0 amide bonds. The lowest BCUT2D eigenvalue weighted by molar-refractivity contribution is -0.137. The summed E-state index contributed by atoms with van der Waals surface area (Å²) in [6.07, 6.45) is 13.8. The van der Waals surface area contributed by atoms with E-state index in [-0.39, 0.29) is 30.1 Å². The van der Waals surface area contributed by atoms with Crippen molar-refractivity contribution in [3.63, 3.8) is 0 Å². The van der Waals surface area contributed by atoms with Crippen LogP contribution in [0.2, 0.25) is 0 Å². The van der Waals surface area contributed by atoms with E-state index in [4.69, 9.17) is 5.11 Å². The number of aliphatic hydroxyl groups is 1. The van der Waals surface area contributed by atoms with Gasteiger partial charge in [0.2, 0.25) is 0 Å². The van der Waals surface area contributed by atoms with Crippen LogP contribution in [-0.4, -0.2) is 28.1 Å². The fraction of sp³-hybridized carbons (Fsp3) is 0.565. The monoisotopic (exact) mass is 482 g/mol. The molecule has 1 heterocycles. The molecule has 29 heavy (non-hydrogen) atoms. The molecular weight excluding hydrogens is 452 g/mol. The van der Waals surface area contributed by atoms with Crippen molar-refractivity contribution >= 4 is 39.0 Å². The number of carboxylic acid groups (broad SMARTS) is 1. The lowest BCUT2D eigenvalue weighted by Crippen LogP contribution is -2.17. The van der Waals surface area contributed by atoms with Gasteiger partial charge in [-0.05, 0) is 91.8 Å². The Kier molecular flexibility index (Phi) is 10.3. The summed E-state index contributed by atoms with van der Waals surface area (Å²) in [5, 5.41) is 18.9. The topological polar surface area (TPSA) is 74.6 Å². The van der Waals surface area contributed by atoms with E-state index < -0.39 is 5.97 Å². The third-order valence-corrected chi connectivity index (χ3v) is 7.66. The number of carboxylic acids is 1. The van der Waals surface area contributed by atoms with Crippen molar-refractivity contribution in [2.45, 2.75) is 70.8 Å². The number of aliphatic carboxylic acids is 1. The summed E-state index contributed by atoms with van der Waals surface area (Å²) in [5.74, 6) is -0.241. The van der Waals surface area contributed by atoms with Crippen LogP contribution in [0.1, 0.15) is 61.1 Å². The van der Waals surface area contributed by atoms with Gasteiger partial charge in [-0.25, -0.2) is 0 Å². The largest absolute Gasteiger partial charge is 0.481 e. The second-order valence-corrected chi connectivity index (χ2v) is 9.96. The predicted octanol–water partition coefficient (Wildman–Crippen LogP) is 5.86. The lowest BCUT2D eigenvalue weighted by Gasteiger charge is -2.17. The maximum atomic E-state index is 12.2. The van der Waals surface area contributed by atoms with Gasteiger partial charge < -0.3 is 10.2 Å². The van der Waals surface area contributed by atoms with Gasteiger partial charge in [0, 0.05) is 27.1 Å². The van der Waals surface area contributed by atoms with Crippen molar-refractivity contribution in [1.29, 1.82) is 0 Å². The standard InChI is InChI=1S/C23H31BrO4S/c1-16-21(24)15-19(29-16)8-6-7-18(25)13-11-17-12-14-22(26)20(17)9-4-2-3-5-10-23(27)28/h2,4,11,13,15,17,20,22,26H,3,5-10,12,14H2,1H3,(H,27,28)/t17-,20+,22?/m0/s1. The van der Waals surface area contributed by atoms with E-state index in [2.05, 4.69) is 28.9 Å².